The molecule has 0 saturated heterocycles. The maximum Gasteiger partial charge on any atom is 0.416 e. The van der Waals surface area contributed by atoms with Gasteiger partial charge in [-0.15, -0.1) is 0 Å². The van der Waals surface area contributed by atoms with Crippen LogP contribution in [0.1, 0.15) is 42.6 Å². The molecule has 0 aliphatic rings. The zero-order valence-corrected chi connectivity index (χ0v) is 24.4. The Labute approximate surface area is 250 Å². The number of aliphatic carboxylic acids is 1. The molecule has 3 rings (SSSR count). The van der Waals surface area contributed by atoms with Crippen LogP contribution in [0, 0.1) is 5.92 Å². The summed E-state index contributed by atoms with van der Waals surface area (Å²) in [5, 5.41) is 15.0. The number of carbonyl (C=O) groups is 2. The molecular weight excluding hydrogens is 604 g/mol. The van der Waals surface area contributed by atoms with E-state index in [0.717, 1.165) is 24.2 Å². The first-order valence-electron chi connectivity index (χ1n) is 12.7. The number of halogens is 6. The predicted molar refractivity (Wildman–Crippen MR) is 155 cm³/mol. The number of hydrogen-bond donors (Lipinski definition) is 3. The van der Waals surface area contributed by atoms with E-state index in [-0.39, 0.29) is 52.5 Å². The highest BCUT2D eigenvalue weighted by Crippen LogP contribution is 2.41. The lowest BCUT2D eigenvalue weighted by Gasteiger charge is -2.26. The number of amides is 1. The minimum absolute atomic E-state index is 0.0343. The van der Waals surface area contributed by atoms with Gasteiger partial charge in [-0.3, -0.25) is 9.59 Å². The lowest BCUT2D eigenvalue weighted by atomic mass is 9.99. The van der Waals surface area contributed by atoms with Gasteiger partial charge in [0, 0.05) is 40.0 Å². The molecule has 0 spiro atoms. The molecule has 3 aromatic carbocycles. The van der Waals surface area contributed by atoms with E-state index in [1.54, 1.807) is 24.3 Å². The van der Waals surface area contributed by atoms with E-state index in [1.807, 2.05) is 6.92 Å². The Hall–Kier alpha value is -3.14. The van der Waals surface area contributed by atoms with Gasteiger partial charge in [0.05, 0.1) is 28.1 Å². The van der Waals surface area contributed by atoms with Crippen molar-refractivity contribution in [3.05, 3.63) is 80.8 Å². The van der Waals surface area contributed by atoms with Crippen LogP contribution in [0.25, 0.3) is 11.1 Å². The van der Waals surface area contributed by atoms with Gasteiger partial charge in [0.1, 0.15) is 12.4 Å². The number of hydrogen-bond acceptors (Lipinski definition) is 4. The second kappa shape index (κ2) is 14.2. The van der Waals surface area contributed by atoms with Crippen molar-refractivity contribution in [3.63, 3.8) is 0 Å². The van der Waals surface area contributed by atoms with Crippen molar-refractivity contribution in [1.82, 2.24) is 5.32 Å². The maximum absolute atomic E-state index is 13.0. The van der Waals surface area contributed by atoms with Gasteiger partial charge < -0.3 is 20.5 Å². The zero-order valence-electron chi connectivity index (χ0n) is 22.1. The highest BCUT2D eigenvalue weighted by molar-refractivity contribution is 6.38. The van der Waals surface area contributed by atoms with Crippen molar-refractivity contribution < 1.29 is 32.6 Å². The molecule has 12 heteroatoms. The first-order chi connectivity index (χ1) is 19.3. The summed E-state index contributed by atoms with van der Waals surface area (Å²) in [6, 6.07) is 12.6. The van der Waals surface area contributed by atoms with Crippen LogP contribution in [0.5, 0.6) is 5.75 Å². The second-order valence-electron chi connectivity index (χ2n) is 9.38. The molecule has 3 N–H and O–H groups in total. The molecule has 6 nitrogen and oxygen atoms in total. The topological polar surface area (TPSA) is 87.7 Å². The molecule has 0 aliphatic carbocycles. The van der Waals surface area contributed by atoms with E-state index in [0.29, 0.717) is 22.4 Å². The largest absolute Gasteiger partial charge is 0.490 e. The number of carboxylic acids is 1. The Morgan fingerprint density at radius 1 is 0.951 bits per heavy atom. The van der Waals surface area contributed by atoms with E-state index in [1.165, 1.54) is 18.2 Å². The maximum atomic E-state index is 13.0. The zero-order chi connectivity index (χ0) is 30.3. The SMILES string of the molecule is CC[C@H](C)[C@@H](COc1cc(Cl)c(-c2ccc(C(F)(F)F)cc2Cl)cc1Cl)Nc1ccc(C(=O)NCCC(=O)O)cc1. The summed E-state index contributed by atoms with van der Waals surface area (Å²) in [6.45, 7) is 4.33. The number of alkyl halides is 3. The molecule has 0 fully saturated rings. The average molecular weight is 632 g/mol. The number of rotatable bonds is 12. The molecule has 2 atom stereocenters. The number of nitrogens with one attached hydrogen (secondary N) is 2. The monoisotopic (exact) mass is 630 g/mol. The molecular formula is C29H28Cl3F3N2O4. The van der Waals surface area contributed by atoms with Crippen LogP contribution < -0.4 is 15.4 Å². The van der Waals surface area contributed by atoms with Gasteiger partial charge >= 0.3 is 12.1 Å². The van der Waals surface area contributed by atoms with Crippen molar-refractivity contribution in [2.45, 2.75) is 38.9 Å². The Bertz CT molecular complexity index is 1380. The Morgan fingerprint density at radius 3 is 2.20 bits per heavy atom. The van der Waals surface area contributed by atoms with E-state index in [4.69, 9.17) is 44.6 Å². The smallest absolute Gasteiger partial charge is 0.416 e. The summed E-state index contributed by atoms with van der Waals surface area (Å²) in [6.07, 6.45) is -3.85. The highest BCUT2D eigenvalue weighted by Gasteiger charge is 2.31. The lowest BCUT2D eigenvalue weighted by Crippen LogP contribution is -2.33. The molecule has 0 radical (unpaired) electrons. The summed E-state index contributed by atoms with van der Waals surface area (Å²) in [7, 11) is 0. The molecule has 220 valence electrons. The third-order valence-electron chi connectivity index (χ3n) is 6.48. The predicted octanol–water partition coefficient (Wildman–Crippen LogP) is 8.44. The Morgan fingerprint density at radius 2 is 1.61 bits per heavy atom. The minimum atomic E-state index is -4.53. The molecule has 0 aromatic heterocycles. The minimum Gasteiger partial charge on any atom is -0.490 e. The van der Waals surface area contributed by atoms with Crippen molar-refractivity contribution in [2.75, 3.05) is 18.5 Å². The van der Waals surface area contributed by atoms with Gasteiger partial charge in [-0.25, -0.2) is 0 Å². The van der Waals surface area contributed by atoms with Gasteiger partial charge in [-0.1, -0.05) is 61.1 Å². The fraction of sp³-hybridized carbons (Fsp3) is 0.310. The Kier molecular flexibility index (Phi) is 11.2. The highest BCUT2D eigenvalue weighted by atomic mass is 35.5. The first kappa shape index (κ1) is 32.4. The summed E-state index contributed by atoms with van der Waals surface area (Å²) in [5.41, 5.74) is 0.942. The summed E-state index contributed by atoms with van der Waals surface area (Å²) in [5.74, 6) is -0.890. The van der Waals surface area contributed by atoms with Crippen LogP contribution in [-0.4, -0.2) is 36.2 Å². The average Bonchev–Trinajstić information content (AvgIpc) is 2.91. The molecule has 0 unspecified atom stereocenters. The molecule has 41 heavy (non-hydrogen) atoms. The van der Waals surface area contributed by atoms with Gasteiger partial charge in [-0.2, -0.15) is 13.2 Å². The number of carbonyl (C=O) groups excluding carboxylic acids is 1. The van der Waals surface area contributed by atoms with E-state index in [9.17, 15) is 22.8 Å². The summed E-state index contributed by atoms with van der Waals surface area (Å²) in [4.78, 5) is 22.8. The molecule has 0 aliphatic heterocycles. The van der Waals surface area contributed by atoms with Crippen molar-refractivity contribution in [1.29, 1.82) is 0 Å². The van der Waals surface area contributed by atoms with Crippen molar-refractivity contribution in [2.24, 2.45) is 5.92 Å². The first-order valence-corrected chi connectivity index (χ1v) is 13.8. The fourth-order valence-electron chi connectivity index (χ4n) is 3.88. The lowest BCUT2D eigenvalue weighted by molar-refractivity contribution is -0.138. The van der Waals surface area contributed by atoms with Crippen molar-refractivity contribution >= 4 is 52.4 Å². The summed E-state index contributed by atoms with van der Waals surface area (Å²) >= 11 is 19.1. The molecule has 3 aromatic rings. The third kappa shape index (κ3) is 8.92. The molecule has 0 heterocycles. The van der Waals surface area contributed by atoms with Crippen LogP contribution in [-0.2, 0) is 11.0 Å². The molecule has 1 amide bonds. The van der Waals surface area contributed by atoms with Gasteiger partial charge in [0.15, 0.2) is 0 Å². The van der Waals surface area contributed by atoms with E-state index in [2.05, 4.69) is 17.6 Å². The number of ether oxygens (including phenoxy) is 1. The second-order valence-corrected chi connectivity index (χ2v) is 10.6. The van der Waals surface area contributed by atoms with Crippen LogP contribution >= 0.6 is 34.8 Å². The Balaban J connectivity index is 1.71. The van der Waals surface area contributed by atoms with Crippen LogP contribution in [0.4, 0.5) is 18.9 Å². The molecule has 0 saturated carbocycles. The number of carboxylic acid groups (broad SMARTS) is 1. The quantitative estimate of drug-likeness (QED) is 0.187. The van der Waals surface area contributed by atoms with Crippen LogP contribution in [0.15, 0.2) is 54.6 Å². The van der Waals surface area contributed by atoms with Gasteiger partial charge in [0.2, 0.25) is 0 Å². The van der Waals surface area contributed by atoms with E-state index >= 15 is 0 Å². The van der Waals surface area contributed by atoms with Crippen molar-refractivity contribution in [3.8, 4) is 16.9 Å². The standard InChI is InChI=1S/C29H28Cl3F3N2O4/c1-3-16(2)25(37-19-7-4-17(5-8-19)28(40)36-11-10-27(38)39)15-41-26-14-23(31)21(13-24(26)32)20-9-6-18(12-22(20)30)29(33,34)35/h4-9,12-14,16,25,37H,3,10-11,15H2,1-2H3,(H,36,40)(H,38,39)/t16-,25+/m0/s1. The van der Waals surface area contributed by atoms with Crippen LogP contribution in [0.2, 0.25) is 15.1 Å². The summed E-state index contributed by atoms with van der Waals surface area (Å²) < 4.78 is 45.1. The number of anilines is 1. The normalized spacial score (nSPS) is 12.9. The van der Waals surface area contributed by atoms with E-state index < -0.39 is 17.7 Å². The number of benzene rings is 3. The van der Waals surface area contributed by atoms with Gasteiger partial charge in [0.25, 0.3) is 5.91 Å². The molecule has 0 bridgehead atoms. The fourth-order valence-corrected chi connectivity index (χ4v) is 4.64. The third-order valence-corrected chi connectivity index (χ3v) is 7.40. The van der Waals surface area contributed by atoms with Crippen LogP contribution in [0.3, 0.4) is 0 Å². The van der Waals surface area contributed by atoms with Gasteiger partial charge in [-0.05, 0) is 48.4 Å².